The first kappa shape index (κ1) is 19.6. The van der Waals surface area contributed by atoms with Crippen LogP contribution >= 0.6 is 0 Å². The quantitative estimate of drug-likeness (QED) is 0.716. The normalized spacial score (nSPS) is 18.8. The van der Waals surface area contributed by atoms with E-state index >= 15 is 0 Å². The Balaban J connectivity index is 1.71. The molecule has 2 aliphatic rings. The van der Waals surface area contributed by atoms with Crippen molar-refractivity contribution in [1.29, 1.82) is 0 Å². The number of aromatic carboxylic acids is 1. The number of carboxylic acids is 1. The zero-order valence-corrected chi connectivity index (χ0v) is 15.9. The highest BCUT2D eigenvalue weighted by atomic mass is 32.2. The number of nitrogens with zero attached hydrogens (tertiary/aromatic N) is 2. The highest BCUT2D eigenvalue weighted by molar-refractivity contribution is 7.89. The Hall–Kier alpha value is -2.19. The highest BCUT2D eigenvalue weighted by Crippen LogP contribution is 2.31. The number of carbonyl (C=O) groups is 2. The van der Waals surface area contributed by atoms with Gasteiger partial charge in [-0.3, -0.25) is 4.79 Å². The molecular formula is C19H24N2O5S. The van der Waals surface area contributed by atoms with E-state index in [1.54, 1.807) is 6.08 Å². The van der Waals surface area contributed by atoms with E-state index in [2.05, 4.69) is 6.58 Å². The van der Waals surface area contributed by atoms with E-state index in [1.807, 2.05) is 4.90 Å². The summed E-state index contributed by atoms with van der Waals surface area (Å²) in [7, 11) is -3.91. The first-order chi connectivity index (χ1) is 12.9. The first-order valence-electron chi connectivity index (χ1n) is 9.10. The Bertz CT molecular complexity index is 839. The minimum Gasteiger partial charge on any atom is -0.478 e. The summed E-state index contributed by atoms with van der Waals surface area (Å²) in [5, 5.41) is 9.27. The predicted octanol–water partition coefficient (Wildman–Crippen LogP) is 1.96. The molecule has 1 N–H and O–H groups in total. The number of piperidine rings is 1. The molecule has 0 bridgehead atoms. The highest BCUT2D eigenvalue weighted by Gasteiger charge is 2.38. The van der Waals surface area contributed by atoms with Crippen molar-refractivity contribution in [2.75, 3.05) is 19.6 Å². The van der Waals surface area contributed by atoms with Gasteiger partial charge in [-0.15, -0.1) is 6.58 Å². The fraction of sp³-hybridized carbons (Fsp3) is 0.474. The van der Waals surface area contributed by atoms with Gasteiger partial charge in [-0.1, -0.05) is 18.2 Å². The van der Waals surface area contributed by atoms with E-state index in [0.29, 0.717) is 25.4 Å². The van der Waals surface area contributed by atoms with Gasteiger partial charge < -0.3 is 10.0 Å². The Kier molecular flexibility index (Phi) is 5.67. The van der Waals surface area contributed by atoms with Crippen LogP contribution in [0.15, 0.2) is 41.8 Å². The summed E-state index contributed by atoms with van der Waals surface area (Å²) in [4.78, 5) is 25.8. The molecule has 1 aliphatic heterocycles. The maximum Gasteiger partial charge on any atom is 0.337 e. The summed E-state index contributed by atoms with van der Waals surface area (Å²) in [6.07, 6.45) is 4.62. The Morgan fingerprint density at radius 3 is 2.37 bits per heavy atom. The molecular weight excluding hydrogens is 368 g/mol. The van der Waals surface area contributed by atoms with Crippen molar-refractivity contribution in [2.24, 2.45) is 5.92 Å². The van der Waals surface area contributed by atoms with Crippen LogP contribution in [0.5, 0.6) is 0 Å². The number of hydrogen-bond donors (Lipinski definition) is 1. The topological polar surface area (TPSA) is 95.0 Å². The fourth-order valence-electron chi connectivity index (χ4n) is 3.53. The molecule has 1 heterocycles. The van der Waals surface area contributed by atoms with Gasteiger partial charge in [0.15, 0.2) is 0 Å². The van der Waals surface area contributed by atoms with Crippen molar-refractivity contribution in [3.63, 3.8) is 0 Å². The molecule has 27 heavy (non-hydrogen) atoms. The van der Waals surface area contributed by atoms with Crippen LogP contribution in [-0.2, 0) is 14.8 Å². The largest absolute Gasteiger partial charge is 0.478 e. The van der Waals surface area contributed by atoms with Gasteiger partial charge in [0.25, 0.3) is 0 Å². The summed E-state index contributed by atoms with van der Waals surface area (Å²) in [6.45, 7) is 4.65. The SMILES string of the molecule is C=CCN(C(=O)C1CCN(S(=O)(=O)c2ccccc2C(=O)O)CC1)C1CC1. The van der Waals surface area contributed by atoms with Crippen molar-refractivity contribution >= 4 is 21.9 Å². The lowest BCUT2D eigenvalue weighted by Gasteiger charge is -2.33. The van der Waals surface area contributed by atoms with Crippen molar-refractivity contribution in [1.82, 2.24) is 9.21 Å². The third-order valence-corrected chi connectivity index (χ3v) is 7.09. The molecule has 1 saturated carbocycles. The van der Waals surface area contributed by atoms with Crippen LogP contribution in [0.3, 0.4) is 0 Å². The van der Waals surface area contributed by atoms with Crippen molar-refractivity contribution in [3.8, 4) is 0 Å². The predicted molar refractivity (Wildman–Crippen MR) is 99.8 cm³/mol. The average Bonchev–Trinajstić information content (AvgIpc) is 3.50. The smallest absolute Gasteiger partial charge is 0.337 e. The van der Waals surface area contributed by atoms with Crippen molar-refractivity contribution < 1.29 is 23.1 Å². The summed E-state index contributed by atoms with van der Waals surface area (Å²) < 4.78 is 27.1. The molecule has 8 heteroatoms. The van der Waals surface area contributed by atoms with Gasteiger partial charge in [0.2, 0.25) is 15.9 Å². The third-order valence-electron chi connectivity index (χ3n) is 5.13. The van der Waals surface area contributed by atoms with Gasteiger partial charge in [-0.2, -0.15) is 4.31 Å². The maximum absolute atomic E-state index is 12.9. The number of amides is 1. The van der Waals surface area contributed by atoms with Crippen LogP contribution in [0, 0.1) is 5.92 Å². The second-order valence-electron chi connectivity index (χ2n) is 6.99. The van der Waals surface area contributed by atoms with Crippen LogP contribution < -0.4 is 0 Å². The molecule has 0 spiro atoms. The first-order valence-corrected chi connectivity index (χ1v) is 10.5. The molecule has 1 aromatic carbocycles. The summed E-state index contributed by atoms with van der Waals surface area (Å²) >= 11 is 0. The number of rotatable bonds is 7. The van der Waals surface area contributed by atoms with Crippen LogP contribution in [0.25, 0.3) is 0 Å². The number of carboxylic acid groups (broad SMARTS) is 1. The zero-order chi connectivity index (χ0) is 19.6. The Morgan fingerprint density at radius 2 is 1.81 bits per heavy atom. The van der Waals surface area contributed by atoms with E-state index in [0.717, 1.165) is 12.8 Å². The lowest BCUT2D eigenvalue weighted by atomic mass is 9.96. The van der Waals surface area contributed by atoms with E-state index < -0.39 is 16.0 Å². The molecule has 1 saturated heterocycles. The molecule has 0 aromatic heterocycles. The molecule has 2 fully saturated rings. The van der Waals surface area contributed by atoms with Gasteiger partial charge >= 0.3 is 5.97 Å². The maximum atomic E-state index is 12.9. The van der Waals surface area contributed by atoms with Gasteiger partial charge in [0.05, 0.1) is 10.5 Å². The third kappa shape index (κ3) is 4.06. The second kappa shape index (κ2) is 7.82. The molecule has 1 amide bonds. The fourth-order valence-corrected chi connectivity index (χ4v) is 5.18. The van der Waals surface area contributed by atoms with E-state index in [9.17, 15) is 23.1 Å². The van der Waals surface area contributed by atoms with E-state index in [-0.39, 0.29) is 35.4 Å². The minimum atomic E-state index is -3.91. The number of carbonyl (C=O) groups excluding carboxylic acids is 1. The lowest BCUT2D eigenvalue weighted by molar-refractivity contribution is -0.136. The molecule has 3 rings (SSSR count). The molecule has 1 aliphatic carbocycles. The van der Waals surface area contributed by atoms with Crippen molar-refractivity contribution in [3.05, 3.63) is 42.5 Å². The van der Waals surface area contributed by atoms with Crippen LogP contribution in [0.1, 0.15) is 36.0 Å². The molecule has 0 atom stereocenters. The second-order valence-corrected chi connectivity index (χ2v) is 8.90. The van der Waals surface area contributed by atoms with E-state index in [4.69, 9.17) is 0 Å². The monoisotopic (exact) mass is 392 g/mol. The van der Waals surface area contributed by atoms with Gasteiger partial charge in [0.1, 0.15) is 0 Å². The molecule has 146 valence electrons. The lowest BCUT2D eigenvalue weighted by Crippen LogP contribution is -2.45. The Morgan fingerprint density at radius 1 is 1.19 bits per heavy atom. The summed E-state index contributed by atoms with van der Waals surface area (Å²) in [5.74, 6) is -1.41. The van der Waals surface area contributed by atoms with Crippen molar-refractivity contribution in [2.45, 2.75) is 36.6 Å². The molecule has 1 aromatic rings. The average molecular weight is 392 g/mol. The number of benzene rings is 1. The number of hydrogen-bond acceptors (Lipinski definition) is 4. The van der Waals surface area contributed by atoms with Gasteiger partial charge in [-0.05, 0) is 37.8 Å². The molecule has 7 nitrogen and oxygen atoms in total. The zero-order valence-electron chi connectivity index (χ0n) is 15.1. The van der Waals surface area contributed by atoms with Crippen LogP contribution in [-0.4, -0.2) is 60.3 Å². The standard InChI is InChI=1S/C19H24N2O5S/c1-2-11-21(15-7-8-15)18(22)14-9-12-20(13-10-14)27(25,26)17-6-4-3-5-16(17)19(23)24/h2-6,14-15H,1,7-13H2,(H,23,24). The Labute approximate surface area is 159 Å². The summed E-state index contributed by atoms with van der Waals surface area (Å²) in [5.41, 5.74) is -0.235. The molecule has 0 unspecified atom stereocenters. The van der Waals surface area contributed by atoms with Gasteiger partial charge in [-0.25, -0.2) is 13.2 Å². The van der Waals surface area contributed by atoms with Crippen LogP contribution in [0.4, 0.5) is 0 Å². The molecule has 0 radical (unpaired) electrons. The number of sulfonamides is 1. The van der Waals surface area contributed by atoms with Gasteiger partial charge in [0, 0.05) is 31.6 Å². The summed E-state index contributed by atoms with van der Waals surface area (Å²) in [6, 6.07) is 5.90. The minimum absolute atomic E-state index is 0.0698. The van der Waals surface area contributed by atoms with Crippen LogP contribution in [0.2, 0.25) is 0 Å². The van der Waals surface area contributed by atoms with E-state index in [1.165, 1.54) is 28.6 Å².